The van der Waals surface area contributed by atoms with Crippen LogP contribution in [-0.2, 0) is 11.2 Å². The first kappa shape index (κ1) is 20.0. The molecular formula is C23H31NO2. The van der Waals surface area contributed by atoms with Gasteiger partial charge in [0, 0.05) is 12.1 Å². The van der Waals surface area contributed by atoms with Crippen LogP contribution >= 0.6 is 0 Å². The molecule has 2 aromatic carbocycles. The molecule has 0 aliphatic heterocycles. The molecule has 0 aromatic heterocycles. The van der Waals surface area contributed by atoms with Gasteiger partial charge in [0.15, 0.2) is 0 Å². The fourth-order valence-electron chi connectivity index (χ4n) is 3.01. The van der Waals surface area contributed by atoms with Crippen molar-refractivity contribution in [2.75, 3.05) is 11.9 Å². The molecule has 2 aromatic rings. The number of hydrogen-bond acceptors (Lipinski definition) is 2. The number of rotatable bonds is 9. The Hall–Kier alpha value is -2.29. The number of carbonyl (C=O) groups excluding carboxylic acids is 1. The Labute approximate surface area is 157 Å². The van der Waals surface area contributed by atoms with Crippen LogP contribution in [0.5, 0.6) is 5.75 Å². The Morgan fingerprint density at radius 1 is 1.12 bits per heavy atom. The average Bonchev–Trinajstić information content (AvgIpc) is 2.62. The minimum Gasteiger partial charge on any atom is -0.494 e. The maximum absolute atomic E-state index is 12.3. The predicted octanol–water partition coefficient (Wildman–Crippen LogP) is 5.87. The summed E-state index contributed by atoms with van der Waals surface area (Å²) in [7, 11) is 0. The lowest BCUT2D eigenvalue weighted by Gasteiger charge is -2.16. The lowest BCUT2D eigenvalue weighted by molar-refractivity contribution is -0.116. The Morgan fingerprint density at radius 3 is 2.50 bits per heavy atom. The van der Waals surface area contributed by atoms with Gasteiger partial charge in [-0.1, -0.05) is 57.5 Å². The molecule has 2 rings (SSSR count). The summed E-state index contributed by atoms with van der Waals surface area (Å²) in [4.78, 5) is 12.3. The molecule has 140 valence electrons. The summed E-state index contributed by atoms with van der Waals surface area (Å²) in [6.07, 6.45) is 3.40. The number of carbonyl (C=O) groups is 1. The molecule has 0 spiro atoms. The van der Waals surface area contributed by atoms with Gasteiger partial charge in [0.05, 0.1) is 6.61 Å². The second-order valence-electron chi connectivity index (χ2n) is 7.09. The number of para-hydroxylation sites is 1. The number of aryl methyl sites for hydroxylation is 2. The van der Waals surface area contributed by atoms with Crippen molar-refractivity contribution in [2.24, 2.45) is 0 Å². The molecule has 26 heavy (non-hydrogen) atoms. The molecule has 0 fully saturated rings. The van der Waals surface area contributed by atoms with Crippen LogP contribution in [0.3, 0.4) is 0 Å². The van der Waals surface area contributed by atoms with Crippen molar-refractivity contribution in [3.8, 4) is 5.75 Å². The van der Waals surface area contributed by atoms with Gasteiger partial charge in [-0.05, 0) is 54.5 Å². The molecule has 0 saturated heterocycles. The van der Waals surface area contributed by atoms with Gasteiger partial charge < -0.3 is 10.1 Å². The Morgan fingerprint density at radius 2 is 1.85 bits per heavy atom. The number of nitrogens with one attached hydrogen (secondary N) is 1. The van der Waals surface area contributed by atoms with Gasteiger partial charge in [0.1, 0.15) is 5.75 Å². The first-order valence-electron chi connectivity index (χ1n) is 9.62. The highest BCUT2D eigenvalue weighted by Crippen LogP contribution is 2.27. The molecule has 0 aliphatic carbocycles. The third-order valence-corrected chi connectivity index (χ3v) is 4.47. The highest BCUT2D eigenvalue weighted by Gasteiger charge is 2.11. The van der Waals surface area contributed by atoms with Crippen molar-refractivity contribution in [2.45, 2.75) is 59.3 Å². The standard InChI is InChI=1S/C23H31NO2/c1-5-8-19-12-14-20(15-13-19)26-16-7-11-22(25)24-23-18(4)9-6-10-21(23)17(2)3/h6,9-10,12-15,17H,5,7-8,11,16H2,1-4H3,(H,24,25). The SMILES string of the molecule is CCCc1ccc(OCCCC(=O)Nc2c(C)cccc2C(C)C)cc1. The summed E-state index contributed by atoms with van der Waals surface area (Å²) in [5, 5.41) is 3.09. The van der Waals surface area contributed by atoms with Crippen LogP contribution in [0.15, 0.2) is 42.5 Å². The van der Waals surface area contributed by atoms with Gasteiger partial charge in [-0.2, -0.15) is 0 Å². The van der Waals surface area contributed by atoms with Gasteiger partial charge >= 0.3 is 0 Å². The van der Waals surface area contributed by atoms with Crippen LogP contribution in [0.25, 0.3) is 0 Å². The monoisotopic (exact) mass is 353 g/mol. The normalized spacial score (nSPS) is 10.8. The molecule has 0 unspecified atom stereocenters. The van der Waals surface area contributed by atoms with Crippen LogP contribution < -0.4 is 10.1 Å². The van der Waals surface area contributed by atoms with Gasteiger partial charge in [-0.3, -0.25) is 4.79 Å². The largest absolute Gasteiger partial charge is 0.494 e. The van der Waals surface area contributed by atoms with E-state index in [-0.39, 0.29) is 5.91 Å². The summed E-state index contributed by atoms with van der Waals surface area (Å²) in [5.41, 5.74) is 4.58. The smallest absolute Gasteiger partial charge is 0.224 e. The Kier molecular flexibility index (Phi) is 7.71. The van der Waals surface area contributed by atoms with Crippen LogP contribution in [0, 0.1) is 6.92 Å². The Bertz CT molecular complexity index is 705. The summed E-state index contributed by atoms with van der Waals surface area (Å²) in [6, 6.07) is 14.4. The van der Waals surface area contributed by atoms with Crippen molar-refractivity contribution in [3.63, 3.8) is 0 Å². The van der Waals surface area contributed by atoms with Crippen LogP contribution in [-0.4, -0.2) is 12.5 Å². The number of benzene rings is 2. The van der Waals surface area contributed by atoms with E-state index in [1.54, 1.807) is 0 Å². The van der Waals surface area contributed by atoms with Crippen molar-refractivity contribution in [1.29, 1.82) is 0 Å². The van der Waals surface area contributed by atoms with E-state index in [0.29, 0.717) is 25.4 Å². The molecule has 0 heterocycles. The quantitative estimate of drug-likeness (QED) is 0.573. The van der Waals surface area contributed by atoms with E-state index in [4.69, 9.17) is 4.74 Å². The van der Waals surface area contributed by atoms with E-state index in [2.05, 4.69) is 44.3 Å². The van der Waals surface area contributed by atoms with Crippen LogP contribution in [0.4, 0.5) is 5.69 Å². The number of anilines is 1. The second-order valence-corrected chi connectivity index (χ2v) is 7.09. The fourth-order valence-corrected chi connectivity index (χ4v) is 3.01. The maximum atomic E-state index is 12.3. The molecule has 3 nitrogen and oxygen atoms in total. The minimum absolute atomic E-state index is 0.0445. The number of hydrogen-bond donors (Lipinski definition) is 1. The van der Waals surface area contributed by atoms with Gasteiger partial charge in [-0.15, -0.1) is 0 Å². The minimum atomic E-state index is 0.0445. The highest BCUT2D eigenvalue weighted by molar-refractivity contribution is 5.92. The summed E-state index contributed by atoms with van der Waals surface area (Å²) in [5.74, 6) is 1.29. The molecule has 1 amide bonds. The van der Waals surface area contributed by atoms with Gasteiger partial charge in [0.25, 0.3) is 0 Å². The Balaban J connectivity index is 1.79. The van der Waals surface area contributed by atoms with Crippen molar-refractivity contribution in [1.82, 2.24) is 0 Å². The number of amides is 1. The van der Waals surface area contributed by atoms with E-state index in [1.165, 1.54) is 11.1 Å². The summed E-state index contributed by atoms with van der Waals surface area (Å²) in [6.45, 7) is 9.04. The third kappa shape index (κ3) is 5.91. The molecular weight excluding hydrogens is 322 g/mol. The van der Waals surface area contributed by atoms with Crippen molar-refractivity contribution in [3.05, 3.63) is 59.2 Å². The molecule has 0 saturated carbocycles. The molecule has 0 atom stereocenters. The average molecular weight is 354 g/mol. The zero-order valence-electron chi connectivity index (χ0n) is 16.5. The zero-order chi connectivity index (χ0) is 18.9. The van der Waals surface area contributed by atoms with E-state index in [1.807, 2.05) is 31.2 Å². The van der Waals surface area contributed by atoms with Crippen molar-refractivity contribution < 1.29 is 9.53 Å². The van der Waals surface area contributed by atoms with E-state index < -0.39 is 0 Å². The molecule has 1 N–H and O–H groups in total. The summed E-state index contributed by atoms with van der Waals surface area (Å²) < 4.78 is 5.75. The highest BCUT2D eigenvalue weighted by atomic mass is 16.5. The van der Waals surface area contributed by atoms with E-state index in [0.717, 1.165) is 29.8 Å². The number of ether oxygens (including phenoxy) is 1. The first-order chi connectivity index (χ1) is 12.5. The summed E-state index contributed by atoms with van der Waals surface area (Å²) >= 11 is 0. The molecule has 0 bridgehead atoms. The molecule has 0 radical (unpaired) electrons. The predicted molar refractivity (Wildman–Crippen MR) is 109 cm³/mol. The molecule has 3 heteroatoms. The lowest BCUT2D eigenvalue weighted by Crippen LogP contribution is -2.15. The third-order valence-electron chi connectivity index (χ3n) is 4.47. The van der Waals surface area contributed by atoms with Crippen molar-refractivity contribution >= 4 is 11.6 Å². The lowest BCUT2D eigenvalue weighted by atomic mass is 9.98. The topological polar surface area (TPSA) is 38.3 Å². The molecule has 0 aliphatic rings. The van der Waals surface area contributed by atoms with Gasteiger partial charge in [-0.25, -0.2) is 0 Å². The van der Waals surface area contributed by atoms with E-state index >= 15 is 0 Å². The maximum Gasteiger partial charge on any atom is 0.224 e. The second kappa shape index (κ2) is 10.0. The van der Waals surface area contributed by atoms with E-state index in [9.17, 15) is 4.79 Å². The van der Waals surface area contributed by atoms with Crippen LogP contribution in [0.2, 0.25) is 0 Å². The van der Waals surface area contributed by atoms with Gasteiger partial charge in [0.2, 0.25) is 5.91 Å². The van der Waals surface area contributed by atoms with Crippen LogP contribution in [0.1, 0.15) is 62.6 Å². The fraction of sp³-hybridized carbons (Fsp3) is 0.435. The zero-order valence-corrected chi connectivity index (χ0v) is 16.5. The first-order valence-corrected chi connectivity index (χ1v) is 9.62.